The van der Waals surface area contributed by atoms with Gasteiger partial charge in [0.2, 0.25) is 5.91 Å². The molecule has 2 fully saturated rings. The first-order valence-corrected chi connectivity index (χ1v) is 16.8. The molecule has 1 unspecified atom stereocenters. The fraction of sp³-hybridized carbons (Fsp3) is 0.853. The molecule has 0 aromatic rings. The van der Waals surface area contributed by atoms with Gasteiger partial charge in [-0.25, -0.2) is 0 Å². The Hall–Kier alpha value is -1.73. The van der Waals surface area contributed by atoms with Crippen molar-refractivity contribution in [3.8, 4) is 0 Å². The van der Waals surface area contributed by atoms with E-state index in [1.807, 2.05) is 0 Å². The van der Waals surface area contributed by atoms with Gasteiger partial charge >= 0.3 is 0 Å². The van der Waals surface area contributed by atoms with Crippen LogP contribution in [0.15, 0.2) is 12.2 Å². The van der Waals surface area contributed by atoms with Crippen molar-refractivity contribution in [3.05, 3.63) is 12.2 Å². The first-order chi connectivity index (χ1) is 19.4. The number of nitrogens with zero attached hydrogens (tertiary/aromatic N) is 1. The Balaban J connectivity index is 1.82. The van der Waals surface area contributed by atoms with Gasteiger partial charge in [0, 0.05) is 23.5 Å². The minimum Gasteiger partial charge on any atom is -0.307 e. The largest absolute Gasteiger partial charge is 0.307 e. The van der Waals surface area contributed by atoms with Crippen LogP contribution in [0.4, 0.5) is 0 Å². The maximum absolute atomic E-state index is 13.7. The molecular formula is C34H62N4O3. The molecule has 0 aliphatic carbocycles. The third-order valence-electron chi connectivity index (χ3n) is 8.65. The SMILES string of the molecule is CCCCCCCCCCCCCCC/C=C/CC1(NC2CC(C)(C)NC(C)(C)C2)CC(=O)N(NC(=O)CC)C1=O. The summed E-state index contributed by atoms with van der Waals surface area (Å²) in [4.78, 5) is 38.6. The number of imide groups is 1. The molecule has 2 rings (SSSR count). The lowest BCUT2D eigenvalue weighted by Gasteiger charge is -2.48. The predicted molar refractivity (Wildman–Crippen MR) is 169 cm³/mol. The number of hydrazine groups is 1. The molecule has 0 radical (unpaired) electrons. The molecule has 0 saturated carbocycles. The molecule has 7 heteroatoms. The van der Waals surface area contributed by atoms with Crippen LogP contribution in [0.1, 0.15) is 164 Å². The molecule has 0 bridgehead atoms. The van der Waals surface area contributed by atoms with Gasteiger partial charge in [0.1, 0.15) is 5.54 Å². The van der Waals surface area contributed by atoms with E-state index in [2.05, 4.69) is 62.8 Å². The van der Waals surface area contributed by atoms with Crippen molar-refractivity contribution < 1.29 is 14.4 Å². The standard InChI is InChI=1S/C34H62N4O3/c1-7-9-10-11-12-13-14-15-16-17-18-19-20-21-22-23-24-34(27-30(40)38(31(34)41)36-29(39)8-2)35-28-25-32(3,4)37-33(5,6)26-28/h22-23,28,35,37H,7-21,24-27H2,1-6H3,(H,36,39)/b23-22+. The molecule has 7 nitrogen and oxygen atoms in total. The molecule has 0 aromatic carbocycles. The molecule has 1 atom stereocenters. The van der Waals surface area contributed by atoms with Gasteiger partial charge in [0.15, 0.2) is 0 Å². The van der Waals surface area contributed by atoms with Crippen molar-refractivity contribution >= 4 is 17.7 Å². The summed E-state index contributed by atoms with van der Waals surface area (Å²) in [6, 6.07) is 0.0780. The second-order valence-electron chi connectivity index (χ2n) is 14.0. The Morgan fingerprint density at radius 1 is 0.829 bits per heavy atom. The summed E-state index contributed by atoms with van der Waals surface area (Å²) in [5.74, 6) is -1.02. The van der Waals surface area contributed by atoms with Gasteiger partial charge in [0.25, 0.3) is 11.8 Å². The molecule has 236 valence electrons. The molecule has 0 spiro atoms. The molecule has 2 saturated heterocycles. The van der Waals surface area contributed by atoms with Crippen molar-refractivity contribution in [1.29, 1.82) is 0 Å². The third-order valence-corrected chi connectivity index (χ3v) is 8.65. The predicted octanol–water partition coefficient (Wildman–Crippen LogP) is 7.25. The summed E-state index contributed by atoms with van der Waals surface area (Å²) in [7, 11) is 0. The molecule has 2 heterocycles. The van der Waals surface area contributed by atoms with Crippen molar-refractivity contribution in [1.82, 2.24) is 21.1 Å². The number of unbranched alkanes of at least 4 members (excludes halogenated alkanes) is 13. The zero-order valence-corrected chi connectivity index (χ0v) is 27.3. The lowest BCUT2D eigenvalue weighted by atomic mass is 9.78. The first-order valence-electron chi connectivity index (χ1n) is 16.8. The minimum atomic E-state index is -1.03. The number of hydrogen-bond donors (Lipinski definition) is 3. The van der Waals surface area contributed by atoms with Crippen LogP contribution in [0.25, 0.3) is 0 Å². The molecule has 2 aliphatic heterocycles. The van der Waals surface area contributed by atoms with Crippen LogP contribution < -0.4 is 16.1 Å². The second kappa shape index (κ2) is 17.4. The molecule has 3 amide bonds. The quantitative estimate of drug-likeness (QED) is 0.0809. The maximum atomic E-state index is 13.7. The van der Waals surface area contributed by atoms with E-state index in [1.54, 1.807) is 6.92 Å². The van der Waals surface area contributed by atoms with Gasteiger partial charge in [-0.3, -0.25) is 25.1 Å². The maximum Gasteiger partial charge on any atom is 0.269 e. The van der Waals surface area contributed by atoms with Gasteiger partial charge in [-0.1, -0.05) is 103 Å². The van der Waals surface area contributed by atoms with Crippen LogP contribution in [-0.4, -0.2) is 45.4 Å². The number of carbonyl (C=O) groups is 3. The number of rotatable bonds is 20. The van der Waals surface area contributed by atoms with Crippen molar-refractivity contribution in [3.63, 3.8) is 0 Å². The molecular weight excluding hydrogens is 512 g/mol. The number of nitrogens with one attached hydrogen (secondary N) is 3. The Bertz CT molecular complexity index is 837. The van der Waals surface area contributed by atoms with E-state index in [4.69, 9.17) is 0 Å². The summed E-state index contributed by atoms with van der Waals surface area (Å²) in [5.41, 5.74) is 1.32. The normalized spacial score (nSPS) is 22.6. The highest BCUT2D eigenvalue weighted by molar-refractivity contribution is 6.09. The molecule has 41 heavy (non-hydrogen) atoms. The zero-order valence-electron chi connectivity index (χ0n) is 27.3. The summed E-state index contributed by atoms with van der Waals surface area (Å²) in [5, 5.41) is 8.29. The van der Waals surface area contributed by atoms with E-state index >= 15 is 0 Å². The first kappa shape index (κ1) is 35.5. The van der Waals surface area contributed by atoms with E-state index in [1.165, 1.54) is 77.0 Å². The lowest BCUT2D eigenvalue weighted by Crippen LogP contribution is -2.66. The highest BCUT2D eigenvalue weighted by Crippen LogP contribution is 2.34. The van der Waals surface area contributed by atoms with E-state index in [0.29, 0.717) is 6.42 Å². The van der Waals surface area contributed by atoms with Crippen LogP contribution in [0.5, 0.6) is 0 Å². The van der Waals surface area contributed by atoms with E-state index in [0.717, 1.165) is 30.7 Å². The van der Waals surface area contributed by atoms with Gasteiger partial charge in [0.05, 0.1) is 6.42 Å². The average Bonchev–Trinajstić information content (AvgIpc) is 3.10. The third kappa shape index (κ3) is 12.6. The van der Waals surface area contributed by atoms with E-state index < -0.39 is 5.54 Å². The summed E-state index contributed by atoms with van der Waals surface area (Å²) in [6.07, 6.45) is 25.1. The summed E-state index contributed by atoms with van der Waals surface area (Å²) in [6.45, 7) is 12.7. The number of piperidine rings is 1. The van der Waals surface area contributed by atoms with Crippen LogP contribution in [0, 0.1) is 0 Å². The minimum absolute atomic E-state index is 0.0592. The lowest BCUT2D eigenvalue weighted by molar-refractivity contribution is -0.149. The Kier molecular flexibility index (Phi) is 15.1. The highest BCUT2D eigenvalue weighted by atomic mass is 16.2. The van der Waals surface area contributed by atoms with Crippen LogP contribution in [0.2, 0.25) is 0 Å². The molecule has 0 aromatic heterocycles. The summed E-state index contributed by atoms with van der Waals surface area (Å²) < 4.78 is 0. The smallest absolute Gasteiger partial charge is 0.269 e. The van der Waals surface area contributed by atoms with Gasteiger partial charge in [-0.05, 0) is 59.8 Å². The highest BCUT2D eigenvalue weighted by Gasteiger charge is 2.53. The van der Waals surface area contributed by atoms with Crippen molar-refractivity contribution in [2.24, 2.45) is 0 Å². The topological polar surface area (TPSA) is 90.5 Å². The fourth-order valence-electron chi connectivity index (χ4n) is 6.89. The molecule has 2 aliphatic rings. The number of carbonyl (C=O) groups excluding carboxylic acids is 3. The van der Waals surface area contributed by atoms with Crippen molar-refractivity contribution in [2.45, 2.75) is 186 Å². The van der Waals surface area contributed by atoms with E-state index in [9.17, 15) is 14.4 Å². The van der Waals surface area contributed by atoms with Gasteiger partial charge in [-0.2, -0.15) is 5.01 Å². The molecule has 3 N–H and O–H groups in total. The Morgan fingerprint density at radius 2 is 1.34 bits per heavy atom. The number of amides is 3. The average molecular weight is 575 g/mol. The van der Waals surface area contributed by atoms with Crippen LogP contribution in [0.3, 0.4) is 0 Å². The zero-order chi connectivity index (χ0) is 30.4. The monoisotopic (exact) mass is 574 g/mol. The Morgan fingerprint density at radius 3 is 1.85 bits per heavy atom. The number of hydrogen-bond acceptors (Lipinski definition) is 5. The number of allylic oxidation sites excluding steroid dienone is 1. The van der Waals surface area contributed by atoms with Crippen LogP contribution in [-0.2, 0) is 14.4 Å². The van der Waals surface area contributed by atoms with Gasteiger partial charge < -0.3 is 5.32 Å². The van der Waals surface area contributed by atoms with E-state index in [-0.39, 0.29) is 47.7 Å². The van der Waals surface area contributed by atoms with Crippen molar-refractivity contribution in [2.75, 3.05) is 0 Å². The van der Waals surface area contributed by atoms with Gasteiger partial charge in [-0.15, -0.1) is 0 Å². The summed E-state index contributed by atoms with van der Waals surface area (Å²) >= 11 is 0. The Labute approximate surface area is 251 Å². The fourth-order valence-corrected chi connectivity index (χ4v) is 6.89. The second-order valence-corrected chi connectivity index (χ2v) is 14.0. The van der Waals surface area contributed by atoms with Crippen LogP contribution >= 0.6 is 0 Å².